The number of amides is 1. The van der Waals surface area contributed by atoms with Crippen LogP contribution in [0.4, 0.5) is 5.82 Å². The van der Waals surface area contributed by atoms with Crippen LogP contribution in [0.25, 0.3) is 0 Å². The minimum Gasteiger partial charge on any atom is -0.316 e. The number of carbonyl (C=O) groups excluding carboxylic acids is 1. The van der Waals surface area contributed by atoms with E-state index in [1.807, 2.05) is 20.0 Å². The number of nitrogens with one attached hydrogen (secondary N) is 2. The first-order valence-corrected chi connectivity index (χ1v) is 5.69. The molecule has 0 aromatic carbocycles. The Labute approximate surface area is 95.2 Å². The molecule has 1 aromatic rings. The lowest BCUT2D eigenvalue weighted by atomic mass is 9.99. The second-order valence-electron chi connectivity index (χ2n) is 4.33. The fourth-order valence-electron chi connectivity index (χ4n) is 1.93. The van der Waals surface area contributed by atoms with Gasteiger partial charge in [0.05, 0.1) is 5.92 Å². The van der Waals surface area contributed by atoms with Gasteiger partial charge in [0.1, 0.15) is 0 Å². The molecule has 2 rings (SSSR count). The van der Waals surface area contributed by atoms with Gasteiger partial charge in [0.15, 0.2) is 5.82 Å². The maximum absolute atomic E-state index is 11.9. The molecule has 1 fully saturated rings. The van der Waals surface area contributed by atoms with E-state index in [1.165, 1.54) is 0 Å². The van der Waals surface area contributed by atoms with Crippen molar-refractivity contribution in [3.63, 3.8) is 0 Å². The molecule has 2 heterocycles. The van der Waals surface area contributed by atoms with Gasteiger partial charge in [-0.05, 0) is 26.3 Å². The smallest absolute Gasteiger partial charge is 0.229 e. The van der Waals surface area contributed by atoms with Gasteiger partial charge in [0, 0.05) is 25.4 Å². The van der Waals surface area contributed by atoms with Crippen molar-refractivity contribution >= 4 is 11.7 Å². The molecule has 1 aromatic heterocycles. The summed E-state index contributed by atoms with van der Waals surface area (Å²) >= 11 is 0. The first-order chi connectivity index (χ1) is 7.66. The van der Waals surface area contributed by atoms with Crippen molar-refractivity contribution in [3.05, 3.63) is 11.8 Å². The van der Waals surface area contributed by atoms with Crippen LogP contribution in [0.15, 0.2) is 6.07 Å². The number of hydrogen-bond donors (Lipinski definition) is 2. The molecule has 5 nitrogen and oxygen atoms in total. The van der Waals surface area contributed by atoms with E-state index in [0.29, 0.717) is 5.82 Å². The maximum Gasteiger partial charge on any atom is 0.229 e. The molecule has 2 N–H and O–H groups in total. The maximum atomic E-state index is 11.9. The summed E-state index contributed by atoms with van der Waals surface area (Å²) in [6, 6.07) is 1.88. The molecule has 0 radical (unpaired) electrons. The van der Waals surface area contributed by atoms with Crippen molar-refractivity contribution in [1.82, 2.24) is 15.1 Å². The molecule has 5 heteroatoms. The predicted octanol–water partition coefficient (Wildman–Crippen LogP) is 0.667. The lowest BCUT2D eigenvalue weighted by Gasteiger charge is -2.21. The van der Waals surface area contributed by atoms with Crippen LogP contribution in [0.1, 0.15) is 18.5 Å². The number of nitrogens with zero attached hydrogens (tertiary/aromatic N) is 2. The fourth-order valence-corrected chi connectivity index (χ4v) is 1.93. The highest BCUT2D eigenvalue weighted by Gasteiger charge is 2.21. The highest BCUT2D eigenvalue weighted by molar-refractivity contribution is 5.91. The van der Waals surface area contributed by atoms with Gasteiger partial charge in [-0.3, -0.25) is 9.48 Å². The van der Waals surface area contributed by atoms with Crippen molar-refractivity contribution in [3.8, 4) is 0 Å². The van der Waals surface area contributed by atoms with Crippen LogP contribution in [0.3, 0.4) is 0 Å². The van der Waals surface area contributed by atoms with Crippen molar-refractivity contribution in [1.29, 1.82) is 0 Å². The number of piperidine rings is 1. The van der Waals surface area contributed by atoms with Gasteiger partial charge in [0.2, 0.25) is 5.91 Å². The van der Waals surface area contributed by atoms with Gasteiger partial charge in [0.25, 0.3) is 0 Å². The molecular weight excluding hydrogens is 204 g/mol. The van der Waals surface area contributed by atoms with E-state index in [0.717, 1.165) is 31.6 Å². The Morgan fingerprint density at radius 3 is 3.06 bits per heavy atom. The zero-order chi connectivity index (χ0) is 11.5. The van der Waals surface area contributed by atoms with Gasteiger partial charge < -0.3 is 10.6 Å². The minimum atomic E-state index is 0.0744. The van der Waals surface area contributed by atoms with Gasteiger partial charge in [-0.2, -0.15) is 5.10 Å². The number of rotatable bonds is 2. The van der Waals surface area contributed by atoms with Gasteiger partial charge >= 0.3 is 0 Å². The zero-order valence-electron chi connectivity index (χ0n) is 9.79. The van der Waals surface area contributed by atoms with E-state index in [2.05, 4.69) is 15.7 Å². The van der Waals surface area contributed by atoms with E-state index < -0.39 is 0 Å². The molecule has 1 amide bonds. The lowest BCUT2D eigenvalue weighted by molar-refractivity contribution is -0.120. The highest BCUT2D eigenvalue weighted by Crippen LogP contribution is 2.13. The van der Waals surface area contributed by atoms with E-state index in [-0.39, 0.29) is 11.8 Å². The van der Waals surface area contributed by atoms with E-state index >= 15 is 0 Å². The number of aromatic nitrogens is 2. The molecule has 0 bridgehead atoms. The highest BCUT2D eigenvalue weighted by atomic mass is 16.2. The SMILES string of the molecule is Cc1cc(NC(=O)[C@@H]2CCCNC2)nn1C. The third-order valence-corrected chi connectivity index (χ3v) is 3.03. The van der Waals surface area contributed by atoms with Crippen molar-refractivity contribution < 1.29 is 4.79 Å². The zero-order valence-corrected chi connectivity index (χ0v) is 9.79. The Hall–Kier alpha value is -1.36. The number of carbonyl (C=O) groups is 1. The Balaban J connectivity index is 1.95. The van der Waals surface area contributed by atoms with E-state index in [9.17, 15) is 4.79 Å². The molecule has 1 aliphatic heterocycles. The summed E-state index contributed by atoms with van der Waals surface area (Å²) in [4.78, 5) is 11.9. The van der Waals surface area contributed by atoms with Crippen LogP contribution >= 0.6 is 0 Å². The summed E-state index contributed by atoms with van der Waals surface area (Å²) < 4.78 is 1.76. The standard InChI is InChI=1S/C11H18N4O/c1-8-6-10(14-15(8)2)13-11(16)9-4-3-5-12-7-9/h6,9,12H,3-5,7H2,1-2H3,(H,13,14,16)/t9-/m1/s1. The van der Waals surface area contributed by atoms with Gasteiger partial charge in [-0.25, -0.2) is 0 Å². The van der Waals surface area contributed by atoms with Crippen molar-refractivity contribution in [2.75, 3.05) is 18.4 Å². The number of anilines is 1. The van der Waals surface area contributed by atoms with Crippen LogP contribution in [0.5, 0.6) is 0 Å². The second-order valence-corrected chi connectivity index (χ2v) is 4.33. The van der Waals surface area contributed by atoms with Crippen LogP contribution < -0.4 is 10.6 Å². The van der Waals surface area contributed by atoms with Crippen LogP contribution in [0, 0.1) is 12.8 Å². The van der Waals surface area contributed by atoms with Crippen LogP contribution in [-0.4, -0.2) is 28.8 Å². The first kappa shape index (κ1) is 11.1. The molecule has 1 aliphatic rings. The molecule has 0 aliphatic carbocycles. The number of aryl methyl sites for hydroxylation is 2. The summed E-state index contributed by atoms with van der Waals surface area (Å²) in [6.45, 7) is 3.76. The normalized spacial score (nSPS) is 20.8. The lowest BCUT2D eigenvalue weighted by Crippen LogP contribution is -2.37. The van der Waals surface area contributed by atoms with Gasteiger partial charge in [-0.15, -0.1) is 0 Å². The molecule has 0 spiro atoms. The van der Waals surface area contributed by atoms with E-state index in [1.54, 1.807) is 4.68 Å². The minimum absolute atomic E-state index is 0.0744. The largest absolute Gasteiger partial charge is 0.316 e. The average Bonchev–Trinajstić information content (AvgIpc) is 2.59. The Bertz CT molecular complexity index is 360. The van der Waals surface area contributed by atoms with Gasteiger partial charge in [-0.1, -0.05) is 0 Å². The third kappa shape index (κ3) is 2.41. The third-order valence-electron chi connectivity index (χ3n) is 3.03. The summed E-state index contributed by atoms with van der Waals surface area (Å²) in [6.07, 6.45) is 2.03. The molecular formula is C11H18N4O. The summed E-state index contributed by atoms with van der Waals surface area (Å²) in [5, 5.41) is 10.3. The van der Waals surface area contributed by atoms with Crippen LogP contribution in [-0.2, 0) is 11.8 Å². The summed E-state index contributed by atoms with van der Waals surface area (Å²) in [7, 11) is 1.87. The molecule has 88 valence electrons. The topological polar surface area (TPSA) is 59.0 Å². The molecule has 0 unspecified atom stereocenters. The van der Waals surface area contributed by atoms with E-state index in [4.69, 9.17) is 0 Å². The van der Waals surface area contributed by atoms with Crippen LogP contribution in [0.2, 0.25) is 0 Å². The first-order valence-electron chi connectivity index (χ1n) is 5.69. The molecule has 1 saturated heterocycles. The van der Waals surface area contributed by atoms with Crippen molar-refractivity contribution in [2.24, 2.45) is 13.0 Å². The Morgan fingerprint density at radius 1 is 1.69 bits per heavy atom. The molecule has 0 saturated carbocycles. The van der Waals surface area contributed by atoms with Crippen molar-refractivity contribution in [2.45, 2.75) is 19.8 Å². The predicted molar refractivity (Wildman–Crippen MR) is 62.2 cm³/mol. The molecule has 1 atom stereocenters. The summed E-state index contributed by atoms with van der Waals surface area (Å²) in [5.74, 6) is 0.803. The number of hydrogen-bond acceptors (Lipinski definition) is 3. The fraction of sp³-hybridized carbons (Fsp3) is 0.636. The average molecular weight is 222 g/mol. The summed E-state index contributed by atoms with van der Waals surface area (Å²) in [5.41, 5.74) is 1.04. The second kappa shape index (κ2) is 4.65. The quantitative estimate of drug-likeness (QED) is 0.773. The monoisotopic (exact) mass is 222 g/mol. The Kier molecular flexibility index (Phi) is 3.24. The molecule has 16 heavy (non-hydrogen) atoms. The Morgan fingerprint density at radius 2 is 2.50 bits per heavy atom.